The molecule has 154 valence electrons. The quantitative estimate of drug-likeness (QED) is 0.632. The smallest absolute Gasteiger partial charge is 0.253 e. The van der Waals surface area contributed by atoms with E-state index in [9.17, 15) is 13.2 Å². The Morgan fingerprint density at radius 2 is 1.76 bits per heavy atom. The maximum absolute atomic E-state index is 12.6. The molecule has 0 aliphatic carbocycles. The van der Waals surface area contributed by atoms with Crippen molar-refractivity contribution in [2.24, 2.45) is 0 Å². The van der Waals surface area contributed by atoms with Gasteiger partial charge in [-0.15, -0.1) is 6.42 Å². The van der Waals surface area contributed by atoms with Gasteiger partial charge < -0.3 is 14.4 Å². The number of amides is 1. The van der Waals surface area contributed by atoms with Gasteiger partial charge in [0.25, 0.3) is 5.91 Å². The number of benzene rings is 2. The Hall–Kier alpha value is -3.02. The number of nitrogens with one attached hydrogen (secondary N) is 1. The van der Waals surface area contributed by atoms with E-state index in [1.807, 2.05) is 18.2 Å². The number of methoxy groups -OCH3 is 2. The molecule has 0 spiro atoms. The van der Waals surface area contributed by atoms with Crippen molar-refractivity contribution in [1.29, 1.82) is 0 Å². The van der Waals surface area contributed by atoms with Crippen LogP contribution in [-0.4, -0.2) is 53.6 Å². The lowest BCUT2D eigenvalue weighted by molar-refractivity contribution is 0.0796. The molecule has 0 aliphatic heterocycles. The number of ether oxygens (including phenoxy) is 2. The van der Waals surface area contributed by atoms with Gasteiger partial charge in [-0.2, -0.15) is 4.72 Å². The summed E-state index contributed by atoms with van der Waals surface area (Å²) in [5, 5.41) is 0. The molecule has 0 aliphatic rings. The van der Waals surface area contributed by atoms with Crippen LogP contribution in [0.2, 0.25) is 0 Å². The third-order valence-corrected chi connectivity index (χ3v) is 5.72. The van der Waals surface area contributed by atoms with E-state index in [2.05, 4.69) is 10.6 Å². The number of likely N-dealkylation sites (N-methyl/N-ethyl adjacent to an activating group) is 1. The number of carbonyl (C=O) groups excluding carboxylic acids is 1. The number of nitrogens with zero attached hydrogens (tertiary/aromatic N) is 1. The predicted octanol–water partition coefficient (Wildman–Crippen LogP) is 1.93. The number of rotatable bonds is 9. The van der Waals surface area contributed by atoms with Crippen LogP contribution in [0.4, 0.5) is 0 Å². The molecule has 0 fully saturated rings. The molecule has 0 bridgehead atoms. The summed E-state index contributed by atoms with van der Waals surface area (Å²) in [6, 6.07) is 11.4. The molecule has 0 aromatic heterocycles. The van der Waals surface area contributed by atoms with Crippen molar-refractivity contribution in [3.8, 4) is 23.8 Å². The van der Waals surface area contributed by atoms with E-state index in [4.69, 9.17) is 15.9 Å². The number of hydrogen-bond donors (Lipinski definition) is 1. The van der Waals surface area contributed by atoms with Crippen molar-refractivity contribution in [3.63, 3.8) is 0 Å². The Balaban J connectivity index is 2.02. The van der Waals surface area contributed by atoms with Gasteiger partial charge >= 0.3 is 0 Å². The fraction of sp³-hybridized carbons (Fsp3) is 0.286. The first kappa shape index (κ1) is 22.3. The van der Waals surface area contributed by atoms with Gasteiger partial charge in [0.2, 0.25) is 10.0 Å². The van der Waals surface area contributed by atoms with Crippen molar-refractivity contribution >= 4 is 15.9 Å². The predicted molar refractivity (Wildman–Crippen MR) is 111 cm³/mol. The number of carbonyl (C=O) groups is 1. The van der Waals surface area contributed by atoms with Crippen molar-refractivity contribution in [2.45, 2.75) is 11.3 Å². The Morgan fingerprint density at radius 3 is 2.34 bits per heavy atom. The van der Waals surface area contributed by atoms with Crippen LogP contribution in [0, 0.1) is 12.3 Å². The topological polar surface area (TPSA) is 84.9 Å². The molecule has 1 amide bonds. The van der Waals surface area contributed by atoms with Gasteiger partial charge in [0.1, 0.15) is 0 Å². The highest BCUT2D eigenvalue weighted by atomic mass is 32.2. The van der Waals surface area contributed by atoms with Crippen LogP contribution in [0.5, 0.6) is 11.5 Å². The normalized spacial score (nSPS) is 10.8. The minimum atomic E-state index is -3.68. The lowest BCUT2D eigenvalue weighted by Gasteiger charge is -2.18. The first-order chi connectivity index (χ1) is 13.8. The number of terminal acetylenes is 1. The van der Waals surface area contributed by atoms with Crippen molar-refractivity contribution in [1.82, 2.24) is 9.62 Å². The third kappa shape index (κ3) is 5.73. The average Bonchev–Trinajstić information content (AvgIpc) is 2.75. The molecule has 0 unspecified atom stereocenters. The van der Waals surface area contributed by atoms with Crippen LogP contribution in [0.15, 0.2) is 47.4 Å². The zero-order valence-corrected chi connectivity index (χ0v) is 17.5. The van der Waals surface area contributed by atoms with Crippen LogP contribution in [0.1, 0.15) is 15.9 Å². The fourth-order valence-corrected chi connectivity index (χ4v) is 3.59. The molecule has 0 saturated heterocycles. The minimum absolute atomic E-state index is 0.0530. The standard InChI is InChI=1S/C21H24N2O5S/c1-5-13-22-29(25,26)18-9-7-17(8-10-18)21(24)23(2)14-12-16-6-11-19(27-3)20(15-16)28-4/h1,6-11,15,22H,12-14H2,2-4H3. The first-order valence-electron chi connectivity index (χ1n) is 8.82. The van der Waals surface area contributed by atoms with Gasteiger partial charge in [-0.25, -0.2) is 8.42 Å². The lowest BCUT2D eigenvalue weighted by Crippen LogP contribution is -2.29. The number of hydrogen-bond acceptors (Lipinski definition) is 5. The van der Waals surface area contributed by atoms with E-state index >= 15 is 0 Å². The molecule has 2 aromatic rings. The molecule has 8 heteroatoms. The molecule has 0 heterocycles. The van der Waals surface area contributed by atoms with E-state index in [1.165, 1.54) is 24.3 Å². The van der Waals surface area contributed by atoms with E-state index in [0.29, 0.717) is 30.0 Å². The maximum atomic E-state index is 12.6. The molecule has 1 N–H and O–H groups in total. The van der Waals surface area contributed by atoms with Crippen molar-refractivity contribution < 1.29 is 22.7 Å². The minimum Gasteiger partial charge on any atom is -0.493 e. The molecule has 0 atom stereocenters. The van der Waals surface area contributed by atoms with Gasteiger partial charge in [0.05, 0.1) is 25.7 Å². The molecule has 0 radical (unpaired) electrons. The summed E-state index contributed by atoms with van der Waals surface area (Å²) in [6.45, 7) is 0.389. The SMILES string of the molecule is C#CCNS(=O)(=O)c1ccc(C(=O)N(C)CCc2ccc(OC)c(OC)c2)cc1. The summed E-state index contributed by atoms with van der Waals surface area (Å²) >= 11 is 0. The van der Waals surface area contributed by atoms with Gasteiger partial charge in [0, 0.05) is 19.2 Å². The van der Waals surface area contributed by atoms with Gasteiger partial charge in [-0.3, -0.25) is 4.79 Å². The second-order valence-corrected chi connectivity index (χ2v) is 7.99. The van der Waals surface area contributed by atoms with Crippen LogP contribution in [-0.2, 0) is 16.4 Å². The first-order valence-corrected chi connectivity index (χ1v) is 10.3. The summed E-state index contributed by atoms with van der Waals surface area (Å²) in [5.74, 6) is 3.29. The van der Waals surface area contributed by atoms with E-state index in [-0.39, 0.29) is 17.3 Å². The van der Waals surface area contributed by atoms with E-state index in [0.717, 1.165) is 5.56 Å². The molecule has 0 saturated carbocycles. The molecular weight excluding hydrogens is 392 g/mol. The largest absolute Gasteiger partial charge is 0.493 e. The van der Waals surface area contributed by atoms with Crippen LogP contribution >= 0.6 is 0 Å². The fourth-order valence-electron chi connectivity index (χ4n) is 2.65. The van der Waals surface area contributed by atoms with E-state index in [1.54, 1.807) is 26.2 Å². The van der Waals surface area contributed by atoms with Crippen LogP contribution in [0.3, 0.4) is 0 Å². The monoisotopic (exact) mass is 416 g/mol. The zero-order valence-electron chi connectivity index (χ0n) is 16.6. The van der Waals surface area contributed by atoms with Crippen LogP contribution in [0.25, 0.3) is 0 Å². The average molecular weight is 416 g/mol. The summed E-state index contributed by atoms with van der Waals surface area (Å²) < 4.78 is 36.9. The highest BCUT2D eigenvalue weighted by molar-refractivity contribution is 7.89. The zero-order chi connectivity index (χ0) is 21.4. The molecule has 2 aromatic carbocycles. The molecule has 29 heavy (non-hydrogen) atoms. The lowest BCUT2D eigenvalue weighted by atomic mass is 10.1. The molecule has 7 nitrogen and oxygen atoms in total. The Labute approximate surface area is 171 Å². The number of sulfonamides is 1. The van der Waals surface area contributed by atoms with Crippen molar-refractivity contribution in [2.75, 3.05) is 34.4 Å². The van der Waals surface area contributed by atoms with Gasteiger partial charge in [-0.1, -0.05) is 12.0 Å². The summed E-state index contributed by atoms with van der Waals surface area (Å²) in [4.78, 5) is 14.2. The highest BCUT2D eigenvalue weighted by Gasteiger charge is 2.16. The Morgan fingerprint density at radius 1 is 1.10 bits per heavy atom. The maximum Gasteiger partial charge on any atom is 0.253 e. The molecule has 2 rings (SSSR count). The molecular formula is C21H24N2O5S. The van der Waals surface area contributed by atoms with Gasteiger partial charge in [-0.05, 0) is 48.4 Å². The summed E-state index contributed by atoms with van der Waals surface area (Å²) in [7, 11) is 1.16. The second kappa shape index (κ2) is 9.96. The Bertz CT molecular complexity index is 995. The van der Waals surface area contributed by atoms with Gasteiger partial charge in [0.15, 0.2) is 11.5 Å². The Kier molecular flexibility index (Phi) is 7.65. The third-order valence-electron chi connectivity index (χ3n) is 4.31. The highest BCUT2D eigenvalue weighted by Crippen LogP contribution is 2.27. The van der Waals surface area contributed by atoms with E-state index < -0.39 is 10.0 Å². The summed E-state index contributed by atoms with van der Waals surface area (Å²) in [6.07, 6.45) is 5.70. The summed E-state index contributed by atoms with van der Waals surface area (Å²) in [5.41, 5.74) is 1.40. The second-order valence-electron chi connectivity index (χ2n) is 6.22. The van der Waals surface area contributed by atoms with Crippen LogP contribution < -0.4 is 14.2 Å². The van der Waals surface area contributed by atoms with Crippen molar-refractivity contribution in [3.05, 3.63) is 53.6 Å².